The van der Waals surface area contributed by atoms with Gasteiger partial charge in [-0.2, -0.15) is 0 Å². The molecule has 0 aliphatic heterocycles. The minimum atomic E-state index is 0.117. The average Bonchev–Trinajstić information content (AvgIpc) is 2.53. The van der Waals surface area contributed by atoms with Gasteiger partial charge in [0, 0.05) is 5.54 Å². The van der Waals surface area contributed by atoms with E-state index in [1.807, 2.05) is 0 Å². The van der Waals surface area contributed by atoms with Crippen LogP contribution in [0, 0.1) is 5.92 Å². The topological polar surface area (TPSA) is 26.0 Å². The summed E-state index contributed by atoms with van der Waals surface area (Å²) in [5.41, 5.74) is 7.11. The average molecular weight is 312 g/mol. The highest BCUT2D eigenvalue weighted by atomic mass is 14.8. The lowest BCUT2D eigenvalue weighted by Crippen LogP contribution is -2.47. The third-order valence-corrected chi connectivity index (χ3v) is 5.37. The molecule has 0 heterocycles. The summed E-state index contributed by atoms with van der Waals surface area (Å²) < 4.78 is 0. The van der Waals surface area contributed by atoms with Gasteiger partial charge in [0.25, 0.3) is 0 Å². The Labute approximate surface area is 141 Å². The molecule has 22 heavy (non-hydrogen) atoms. The number of unbranched alkanes of at least 4 members (excludes halogenated alkanes) is 7. The minimum Gasteiger partial charge on any atom is -0.325 e. The van der Waals surface area contributed by atoms with Crippen molar-refractivity contribution in [3.63, 3.8) is 0 Å². The molecule has 1 atom stereocenters. The van der Waals surface area contributed by atoms with Crippen molar-refractivity contribution in [2.24, 2.45) is 11.7 Å². The quantitative estimate of drug-likeness (QED) is 0.299. The lowest BCUT2D eigenvalue weighted by molar-refractivity contribution is 0.193. The first-order chi connectivity index (χ1) is 10.6. The Morgan fingerprint density at radius 1 is 0.591 bits per heavy atom. The molecule has 0 aromatic carbocycles. The summed E-state index contributed by atoms with van der Waals surface area (Å²) in [7, 11) is 0. The largest absolute Gasteiger partial charge is 0.325 e. The van der Waals surface area contributed by atoms with Crippen molar-refractivity contribution in [2.75, 3.05) is 0 Å². The molecule has 0 bridgehead atoms. The van der Waals surface area contributed by atoms with Gasteiger partial charge in [-0.1, -0.05) is 98.3 Å². The van der Waals surface area contributed by atoms with E-state index in [1.54, 1.807) is 0 Å². The third kappa shape index (κ3) is 9.87. The predicted molar refractivity (Wildman–Crippen MR) is 102 cm³/mol. The monoisotopic (exact) mass is 311 g/mol. The highest BCUT2D eigenvalue weighted by Gasteiger charge is 2.32. The molecule has 0 aromatic rings. The molecule has 1 nitrogen and oxygen atoms in total. The van der Waals surface area contributed by atoms with Crippen LogP contribution in [0.5, 0.6) is 0 Å². The van der Waals surface area contributed by atoms with Crippen LogP contribution in [0.4, 0.5) is 0 Å². The van der Waals surface area contributed by atoms with Crippen molar-refractivity contribution in [2.45, 2.75) is 130 Å². The maximum atomic E-state index is 7.00. The molecule has 2 N–H and O–H groups in total. The van der Waals surface area contributed by atoms with Crippen molar-refractivity contribution in [3.8, 4) is 0 Å². The fraction of sp³-hybridized carbons (Fsp3) is 1.00. The van der Waals surface area contributed by atoms with Crippen LogP contribution in [0.1, 0.15) is 124 Å². The molecule has 1 heteroatoms. The Hall–Kier alpha value is -0.0400. The number of hydrogen-bond acceptors (Lipinski definition) is 1. The summed E-state index contributed by atoms with van der Waals surface area (Å²) in [6.07, 6.45) is 20.0. The van der Waals surface area contributed by atoms with E-state index in [4.69, 9.17) is 5.73 Å². The second-order valence-corrected chi connectivity index (χ2v) is 7.48. The summed E-state index contributed by atoms with van der Waals surface area (Å²) in [4.78, 5) is 0. The van der Waals surface area contributed by atoms with Crippen LogP contribution in [0.2, 0.25) is 0 Å². The Kier molecular flexibility index (Phi) is 14.5. The van der Waals surface area contributed by atoms with Gasteiger partial charge in [-0.3, -0.25) is 0 Å². The van der Waals surface area contributed by atoms with Gasteiger partial charge in [-0.15, -0.1) is 0 Å². The highest BCUT2D eigenvalue weighted by molar-refractivity contribution is 4.91. The van der Waals surface area contributed by atoms with Crippen molar-refractivity contribution in [1.29, 1.82) is 0 Å². The van der Waals surface area contributed by atoms with Gasteiger partial charge in [0.15, 0.2) is 0 Å². The Bertz CT molecular complexity index is 216. The third-order valence-electron chi connectivity index (χ3n) is 5.37. The van der Waals surface area contributed by atoms with Gasteiger partial charge in [-0.25, -0.2) is 0 Å². The molecular formula is C21H45N. The summed E-state index contributed by atoms with van der Waals surface area (Å²) >= 11 is 0. The highest BCUT2D eigenvalue weighted by Crippen LogP contribution is 2.34. The molecule has 0 rings (SSSR count). The van der Waals surface area contributed by atoms with E-state index in [-0.39, 0.29) is 5.54 Å². The second kappa shape index (κ2) is 14.5. The van der Waals surface area contributed by atoms with Crippen LogP contribution in [0.15, 0.2) is 0 Å². The molecular weight excluding hydrogens is 266 g/mol. The lowest BCUT2D eigenvalue weighted by Gasteiger charge is -2.38. The van der Waals surface area contributed by atoms with Gasteiger partial charge in [-0.05, 0) is 31.6 Å². The van der Waals surface area contributed by atoms with E-state index in [1.165, 1.54) is 96.3 Å². The van der Waals surface area contributed by atoms with Crippen molar-refractivity contribution < 1.29 is 0 Å². The Morgan fingerprint density at radius 3 is 1.55 bits per heavy atom. The molecule has 0 aliphatic carbocycles. The molecule has 0 aliphatic rings. The van der Waals surface area contributed by atoms with E-state index in [0.29, 0.717) is 0 Å². The first kappa shape index (κ1) is 22.0. The van der Waals surface area contributed by atoms with Gasteiger partial charge in [0.1, 0.15) is 0 Å². The fourth-order valence-electron chi connectivity index (χ4n) is 3.71. The Morgan fingerprint density at radius 2 is 1.05 bits per heavy atom. The van der Waals surface area contributed by atoms with Crippen LogP contribution in [-0.4, -0.2) is 5.54 Å². The standard InChI is InChI=1S/C21H45N/c1-5-9-13-14-15-17-20(16-10-6-2)21(22,18-11-7-3)19-12-8-4/h20H,5-19,22H2,1-4H3. The molecule has 0 radical (unpaired) electrons. The molecule has 0 fully saturated rings. The van der Waals surface area contributed by atoms with Crippen LogP contribution in [-0.2, 0) is 0 Å². The van der Waals surface area contributed by atoms with Gasteiger partial charge < -0.3 is 5.73 Å². The van der Waals surface area contributed by atoms with Gasteiger partial charge in [0.2, 0.25) is 0 Å². The second-order valence-electron chi connectivity index (χ2n) is 7.48. The van der Waals surface area contributed by atoms with E-state index in [2.05, 4.69) is 27.7 Å². The smallest absolute Gasteiger partial charge is 0.0182 e. The molecule has 0 saturated heterocycles. The SMILES string of the molecule is CCCCCCCC(CCCC)C(N)(CCCC)CCCC. The number of rotatable bonds is 16. The zero-order chi connectivity index (χ0) is 16.7. The summed E-state index contributed by atoms with van der Waals surface area (Å²) in [5, 5.41) is 0. The molecule has 0 saturated carbocycles. The van der Waals surface area contributed by atoms with Crippen LogP contribution < -0.4 is 5.73 Å². The fourth-order valence-corrected chi connectivity index (χ4v) is 3.71. The zero-order valence-electron chi connectivity index (χ0n) is 16.3. The molecule has 134 valence electrons. The first-order valence-electron chi connectivity index (χ1n) is 10.4. The number of nitrogens with two attached hydrogens (primary N) is 1. The summed E-state index contributed by atoms with van der Waals surface area (Å²) in [5.74, 6) is 0.757. The van der Waals surface area contributed by atoms with E-state index >= 15 is 0 Å². The van der Waals surface area contributed by atoms with Crippen molar-refractivity contribution in [1.82, 2.24) is 0 Å². The number of hydrogen-bond donors (Lipinski definition) is 1. The maximum absolute atomic E-state index is 7.00. The van der Waals surface area contributed by atoms with E-state index < -0.39 is 0 Å². The van der Waals surface area contributed by atoms with Crippen LogP contribution >= 0.6 is 0 Å². The van der Waals surface area contributed by atoms with E-state index in [9.17, 15) is 0 Å². The van der Waals surface area contributed by atoms with Crippen LogP contribution in [0.3, 0.4) is 0 Å². The summed E-state index contributed by atoms with van der Waals surface area (Å²) in [6, 6.07) is 0. The summed E-state index contributed by atoms with van der Waals surface area (Å²) in [6.45, 7) is 9.21. The van der Waals surface area contributed by atoms with Gasteiger partial charge in [0.05, 0.1) is 0 Å². The predicted octanol–water partition coefficient (Wildman–Crippen LogP) is 7.23. The van der Waals surface area contributed by atoms with Crippen LogP contribution in [0.25, 0.3) is 0 Å². The van der Waals surface area contributed by atoms with Crippen molar-refractivity contribution >= 4 is 0 Å². The normalized spacial score (nSPS) is 13.5. The van der Waals surface area contributed by atoms with Gasteiger partial charge >= 0.3 is 0 Å². The zero-order valence-corrected chi connectivity index (χ0v) is 16.3. The molecule has 0 aromatic heterocycles. The lowest BCUT2D eigenvalue weighted by atomic mass is 9.72. The Balaban J connectivity index is 4.57. The minimum absolute atomic E-state index is 0.117. The van der Waals surface area contributed by atoms with E-state index in [0.717, 1.165) is 5.92 Å². The molecule has 0 spiro atoms. The maximum Gasteiger partial charge on any atom is 0.0182 e. The first-order valence-corrected chi connectivity index (χ1v) is 10.4. The molecule has 1 unspecified atom stereocenters. The molecule has 0 amide bonds. The van der Waals surface area contributed by atoms with Crippen molar-refractivity contribution in [3.05, 3.63) is 0 Å².